The van der Waals surface area contributed by atoms with Crippen LogP contribution < -0.4 is 0 Å². The molecule has 1 aromatic rings. The first-order valence-corrected chi connectivity index (χ1v) is 3.96. The summed E-state index contributed by atoms with van der Waals surface area (Å²) in [6.45, 7) is 5.93. The number of hydrogen-bond donors (Lipinski definition) is 1. The van der Waals surface area contributed by atoms with Crippen molar-refractivity contribution in [3.63, 3.8) is 0 Å². The lowest BCUT2D eigenvalue weighted by molar-refractivity contribution is 0.657. The van der Waals surface area contributed by atoms with Crippen LogP contribution in [0.5, 0.6) is 0 Å². The fourth-order valence-electron chi connectivity index (χ4n) is 0.940. The topological polar surface area (TPSA) is 30.7 Å². The van der Waals surface area contributed by atoms with Gasteiger partial charge in [-0.15, -0.1) is 10.2 Å². The van der Waals surface area contributed by atoms with Gasteiger partial charge in [-0.1, -0.05) is 0 Å². The van der Waals surface area contributed by atoms with Gasteiger partial charge in [-0.3, -0.25) is 0 Å². The zero-order valence-corrected chi connectivity index (χ0v) is 8.18. The van der Waals surface area contributed by atoms with E-state index in [-0.39, 0.29) is 4.75 Å². The van der Waals surface area contributed by atoms with E-state index in [1.54, 1.807) is 0 Å². The van der Waals surface area contributed by atoms with Gasteiger partial charge in [0.15, 0.2) is 0 Å². The van der Waals surface area contributed by atoms with Crippen LogP contribution >= 0.6 is 12.6 Å². The summed E-state index contributed by atoms with van der Waals surface area (Å²) >= 11 is 4.40. The minimum atomic E-state index is -0.212. The molecular formula is C7H13N3S. The summed E-state index contributed by atoms with van der Waals surface area (Å²) in [7, 11) is 1.95. The lowest BCUT2D eigenvalue weighted by atomic mass is 10.2. The molecule has 0 radical (unpaired) electrons. The van der Waals surface area contributed by atoms with Crippen LogP contribution in [-0.2, 0) is 11.8 Å². The van der Waals surface area contributed by atoms with Crippen molar-refractivity contribution in [2.75, 3.05) is 0 Å². The fraction of sp³-hybridized carbons (Fsp3) is 0.714. The Morgan fingerprint density at radius 2 is 1.91 bits per heavy atom. The maximum Gasteiger partial charge on any atom is 0.148 e. The molecule has 1 rings (SSSR count). The highest BCUT2D eigenvalue weighted by molar-refractivity contribution is 7.81. The fourth-order valence-corrected chi connectivity index (χ4v) is 1.13. The molecule has 0 fully saturated rings. The smallest absolute Gasteiger partial charge is 0.148 e. The van der Waals surface area contributed by atoms with Gasteiger partial charge >= 0.3 is 0 Å². The van der Waals surface area contributed by atoms with Gasteiger partial charge in [0.05, 0.1) is 4.75 Å². The van der Waals surface area contributed by atoms with Crippen molar-refractivity contribution in [1.82, 2.24) is 14.8 Å². The standard InChI is InChI=1S/C7H13N3S/c1-5-8-9-6(10(5)4)7(2,3)11/h11H,1-4H3. The number of rotatable bonds is 1. The Hall–Kier alpha value is -0.510. The second-order valence-electron chi connectivity index (χ2n) is 3.19. The Balaban J connectivity index is 3.15. The number of aryl methyl sites for hydroxylation is 1. The SMILES string of the molecule is Cc1nnc(C(C)(C)S)n1C. The van der Waals surface area contributed by atoms with E-state index in [1.165, 1.54) is 0 Å². The Morgan fingerprint density at radius 1 is 1.36 bits per heavy atom. The number of aromatic nitrogens is 3. The van der Waals surface area contributed by atoms with Crippen LogP contribution in [-0.4, -0.2) is 14.8 Å². The normalized spacial score (nSPS) is 12.1. The summed E-state index contributed by atoms with van der Waals surface area (Å²) in [6, 6.07) is 0. The van der Waals surface area contributed by atoms with E-state index in [0.717, 1.165) is 11.6 Å². The number of hydrogen-bond acceptors (Lipinski definition) is 3. The van der Waals surface area contributed by atoms with Crippen molar-refractivity contribution in [2.24, 2.45) is 7.05 Å². The molecule has 0 bridgehead atoms. The second kappa shape index (κ2) is 2.52. The average Bonchev–Trinajstić information content (AvgIpc) is 2.11. The van der Waals surface area contributed by atoms with Crippen molar-refractivity contribution in [3.05, 3.63) is 11.6 Å². The van der Waals surface area contributed by atoms with E-state index in [4.69, 9.17) is 0 Å². The highest BCUT2D eigenvalue weighted by atomic mass is 32.1. The quantitative estimate of drug-likeness (QED) is 0.645. The average molecular weight is 171 g/mol. The summed E-state index contributed by atoms with van der Waals surface area (Å²) in [5.41, 5.74) is 0. The van der Waals surface area contributed by atoms with E-state index in [9.17, 15) is 0 Å². The van der Waals surface area contributed by atoms with Crippen molar-refractivity contribution in [2.45, 2.75) is 25.5 Å². The van der Waals surface area contributed by atoms with Crippen LogP contribution in [0.15, 0.2) is 0 Å². The molecule has 11 heavy (non-hydrogen) atoms. The second-order valence-corrected chi connectivity index (χ2v) is 4.31. The molecule has 0 N–H and O–H groups in total. The van der Waals surface area contributed by atoms with Crippen LogP contribution in [0.4, 0.5) is 0 Å². The Morgan fingerprint density at radius 3 is 2.09 bits per heavy atom. The van der Waals surface area contributed by atoms with Crippen LogP contribution in [0, 0.1) is 6.92 Å². The Bertz CT molecular complexity index is 259. The Kier molecular flexibility index (Phi) is 1.96. The van der Waals surface area contributed by atoms with Crippen LogP contribution in [0.2, 0.25) is 0 Å². The largest absolute Gasteiger partial charge is 0.317 e. The molecule has 0 aromatic carbocycles. The van der Waals surface area contributed by atoms with Crippen molar-refractivity contribution in [1.29, 1.82) is 0 Å². The molecule has 0 unspecified atom stereocenters. The van der Waals surface area contributed by atoms with Crippen LogP contribution in [0.25, 0.3) is 0 Å². The third kappa shape index (κ3) is 1.56. The molecule has 0 spiro atoms. The molecular weight excluding hydrogens is 158 g/mol. The minimum Gasteiger partial charge on any atom is -0.317 e. The molecule has 0 amide bonds. The van der Waals surface area contributed by atoms with E-state index >= 15 is 0 Å². The van der Waals surface area contributed by atoms with Crippen molar-refractivity contribution >= 4 is 12.6 Å². The molecule has 0 aliphatic heterocycles. The molecule has 4 heteroatoms. The summed E-state index contributed by atoms with van der Waals surface area (Å²) in [6.07, 6.45) is 0. The van der Waals surface area contributed by atoms with Gasteiger partial charge in [0.2, 0.25) is 0 Å². The highest BCUT2D eigenvalue weighted by Gasteiger charge is 2.21. The van der Waals surface area contributed by atoms with E-state index in [2.05, 4.69) is 22.8 Å². The molecule has 0 aliphatic rings. The first-order valence-electron chi connectivity index (χ1n) is 3.52. The monoisotopic (exact) mass is 171 g/mol. The zero-order valence-electron chi connectivity index (χ0n) is 7.29. The third-order valence-electron chi connectivity index (χ3n) is 1.64. The predicted molar refractivity (Wildman–Crippen MR) is 47.8 cm³/mol. The van der Waals surface area contributed by atoms with Crippen LogP contribution in [0.3, 0.4) is 0 Å². The molecule has 1 heterocycles. The van der Waals surface area contributed by atoms with E-state index in [0.29, 0.717) is 0 Å². The molecule has 0 aliphatic carbocycles. The van der Waals surface area contributed by atoms with Crippen molar-refractivity contribution in [3.8, 4) is 0 Å². The van der Waals surface area contributed by atoms with Gasteiger partial charge in [-0.25, -0.2) is 0 Å². The van der Waals surface area contributed by atoms with Gasteiger partial charge in [0, 0.05) is 7.05 Å². The first-order chi connectivity index (χ1) is 4.93. The predicted octanol–water partition coefficient (Wildman–Crippen LogP) is 1.29. The van der Waals surface area contributed by atoms with Crippen LogP contribution in [0.1, 0.15) is 25.5 Å². The molecule has 1 aromatic heterocycles. The van der Waals surface area contributed by atoms with Crippen molar-refractivity contribution < 1.29 is 0 Å². The van der Waals surface area contributed by atoms with Gasteiger partial charge in [-0.05, 0) is 20.8 Å². The first kappa shape index (κ1) is 8.59. The van der Waals surface area contributed by atoms with Gasteiger partial charge in [0.1, 0.15) is 11.6 Å². The van der Waals surface area contributed by atoms with Gasteiger partial charge < -0.3 is 4.57 Å². The summed E-state index contributed by atoms with van der Waals surface area (Å²) in [4.78, 5) is 0. The maximum absolute atomic E-state index is 4.40. The summed E-state index contributed by atoms with van der Waals surface area (Å²) < 4.78 is 1.74. The number of thiol groups is 1. The number of nitrogens with zero attached hydrogens (tertiary/aromatic N) is 3. The maximum atomic E-state index is 4.40. The summed E-state index contributed by atoms with van der Waals surface area (Å²) in [5, 5.41) is 7.97. The molecule has 0 saturated carbocycles. The molecule has 0 atom stereocenters. The molecule has 0 saturated heterocycles. The molecule has 3 nitrogen and oxygen atoms in total. The lowest BCUT2D eigenvalue weighted by Gasteiger charge is -2.15. The van der Waals surface area contributed by atoms with Gasteiger partial charge in [0.25, 0.3) is 0 Å². The lowest BCUT2D eigenvalue weighted by Crippen LogP contribution is -2.15. The van der Waals surface area contributed by atoms with E-state index in [1.807, 2.05) is 32.4 Å². The third-order valence-corrected chi connectivity index (χ3v) is 1.84. The van der Waals surface area contributed by atoms with E-state index < -0.39 is 0 Å². The molecule has 62 valence electrons. The zero-order chi connectivity index (χ0) is 8.65. The van der Waals surface area contributed by atoms with Gasteiger partial charge in [-0.2, -0.15) is 12.6 Å². The Labute approximate surface area is 72.2 Å². The summed E-state index contributed by atoms with van der Waals surface area (Å²) in [5.74, 6) is 1.82. The minimum absolute atomic E-state index is 0.212. The highest BCUT2D eigenvalue weighted by Crippen LogP contribution is 2.24.